The van der Waals surface area contributed by atoms with Gasteiger partial charge in [-0.2, -0.15) is 10.4 Å². The maximum absolute atomic E-state index is 12.6. The van der Waals surface area contributed by atoms with Gasteiger partial charge in [-0.25, -0.2) is 5.43 Å². The smallest absolute Gasteiger partial charge is 0.271 e. The molecule has 4 rings (SSSR count). The van der Waals surface area contributed by atoms with Crippen molar-refractivity contribution in [2.75, 3.05) is 7.11 Å². The molecular formula is C27H21N3O3. The number of hydrogen-bond donors (Lipinski definition) is 1. The number of amides is 1. The van der Waals surface area contributed by atoms with Crippen LogP contribution in [-0.4, -0.2) is 19.2 Å². The van der Waals surface area contributed by atoms with Crippen LogP contribution in [0.25, 0.3) is 10.8 Å². The highest BCUT2D eigenvalue weighted by Gasteiger charge is 2.09. The molecule has 4 aromatic carbocycles. The van der Waals surface area contributed by atoms with Gasteiger partial charge in [-0.1, -0.05) is 36.4 Å². The van der Waals surface area contributed by atoms with E-state index < -0.39 is 0 Å². The highest BCUT2D eigenvalue weighted by molar-refractivity contribution is 6.07. The fraction of sp³-hybridized carbons (Fsp3) is 0.0741. The Morgan fingerprint density at radius 1 is 1.03 bits per heavy atom. The summed E-state index contributed by atoms with van der Waals surface area (Å²) < 4.78 is 11.3. The van der Waals surface area contributed by atoms with Crippen LogP contribution in [0.5, 0.6) is 11.5 Å². The van der Waals surface area contributed by atoms with E-state index in [-0.39, 0.29) is 12.5 Å². The minimum atomic E-state index is -0.277. The average Bonchev–Trinajstić information content (AvgIpc) is 2.87. The summed E-state index contributed by atoms with van der Waals surface area (Å²) in [6, 6.07) is 27.9. The lowest BCUT2D eigenvalue weighted by Gasteiger charge is -2.11. The minimum absolute atomic E-state index is 0.277. The van der Waals surface area contributed by atoms with Gasteiger partial charge in [0.05, 0.1) is 25.0 Å². The van der Waals surface area contributed by atoms with Gasteiger partial charge < -0.3 is 9.47 Å². The number of nitriles is 1. The molecule has 6 heteroatoms. The average molecular weight is 435 g/mol. The lowest BCUT2D eigenvalue weighted by molar-refractivity contribution is 0.0957. The number of methoxy groups -OCH3 is 1. The summed E-state index contributed by atoms with van der Waals surface area (Å²) in [6.07, 6.45) is 1.58. The number of nitrogens with one attached hydrogen (secondary N) is 1. The van der Waals surface area contributed by atoms with Crippen molar-refractivity contribution in [1.29, 1.82) is 5.26 Å². The molecule has 0 saturated carbocycles. The summed E-state index contributed by atoms with van der Waals surface area (Å²) in [5.74, 6) is 1.05. The summed E-state index contributed by atoms with van der Waals surface area (Å²) in [5, 5.41) is 14.9. The van der Waals surface area contributed by atoms with Crippen LogP contribution < -0.4 is 14.9 Å². The molecule has 0 aliphatic rings. The maximum Gasteiger partial charge on any atom is 0.271 e. The van der Waals surface area contributed by atoms with Crippen molar-refractivity contribution in [3.05, 3.63) is 107 Å². The quantitative estimate of drug-likeness (QED) is 0.325. The van der Waals surface area contributed by atoms with Gasteiger partial charge in [0, 0.05) is 11.1 Å². The van der Waals surface area contributed by atoms with Crippen LogP contribution in [0.4, 0.5) is 0 Å². The third-order valence-electron chi connectivity index (χ3n) is 5.10. The summed E-state index contributed by atoms with van der Waals surface area (Å²) >= 11 is 0. The number of hydrazone groups is 1. The van der Waals surface area contributed by atoms with Crippen molar-refractivity contribution in [3.8, 4) is 17.6 Å². The standard InChI is InChI=1S/C27H21N3O3/c1-32-26-14-11-20(15-22(26)18-33-23-12-9-19(16-28)10-13-23)17-29-30-27(31)25-8-4-6-21-5-2-3-7-24(21)25/h2-15,17H,18H2,1H3,(H,30,31). The number of benzene rings is 4. The van der Waals surface area contributed by atoms with E-state index in [4.69, 9.17) is 14.7 Å². The molecule has 0 fully saturated rings. The van der Waals surface area contributed by atoms with Crippen LogP contribution in [0.15, 0.2) is 90.0 Å². The molecule has 0 bridgehead atoms. The van der Waals surface area contributed by atoms with Crippen molar-refractivity contribution >= 4 is 22.9 Å². The third-order valence-corrected chi connectivity index (χ3v) is 5.10. The lowest BCUT2D eigenvalue weighted by atomic mass is 10.0. The van der Waals surface area contributed by atoms with Crippen molar-refractivity contribution in [1.82, 2.24) is 5.43 Å². The van der Waals surface area contributed by atoms with E-state index in [0.29, 0.717) is 22.6 Å². The Kier molecular flexibility index (Phi) is 6.62. The number of carbonyl (C=O) groups is 1. The molecule has 4 aromatic rings. The molecule has 0 spiro atoms. The minimum Gasteiger partial charge on any atom is -0.496 e. The Bertz CT molecular complexity index is 1350. The van der Waals surface area contributed by atoms with E-state index in [2.05, 4.69) is 16.6 Å². The first-order valence-electron chi connectivity index (χ1n) is 10.3. The van der Waals surface area contributed by atoms with E-state index in [9.17, 15) is 4.79 Å². The number of hydrogen-bond acceptors (Lipinski definition) is 5. The van der Waals surface area contributed by atoms with Crippen LogP contribution in [0, 0.1) is 11.3 Å². The maximum atomic E-state index is 12.6. The fourth-order valence-corrected chi connectivity index (χ4v) is 3.43. The van der Waals surface area contributed by atoms with Gasteiger partial charge in [0.25, 0.3) is 5.91 Å². The van der Waals surface area contributed by atoms with Crippen LogP contribution in [0.2, 0.25) is 0 Å². The normalized spacial score (nSPS) is 10.7. The molecule has 1 N–H and O–H groups in total. The number of ether oxygens (including phenoxy) is 2. The van der Waals surface area contributed by atoms with Crippen LogP contribution in [0.1, 0.15) is 27.0 Å². The Morgan fingerprint density at radius 2 is 1.82 bits per heavy atom. The number of carbonyl (C=O) groups excluding carboxylic acids is 1. The summed E-state index contributed by atoms with van der Waals surface area (Å²) in [5.41, 5.74) is 5.35. The monoisotopic (exact) mass is 435 g/mol. The van der Waals surface area contributed by atoms with Crippen LogP contribution >= 0.6 is 0 Å². The highest BCUT2D eigenvalue weighted by atomic mass is 16.5. The summed E-state index contributed by atoms with van der Waals surface area (Å²) in [6.45, 7) is 0.277. The fourth-order valence-electron chi connectivity index (χ4n) is 3.43. The van der Waals surface area contributed by atoms with Gasteiger partial charge in [-0.05, 0) is 64.9 Å². The zero-order valence-electron chi connectivity index (χ0n) is 18.0. The Balaban J connectivity index is 1.45. The van der Waals surface area contributed by atoms with E-state index in [1.807, 2.05) is 54.6 Å². The first kappa shape index (κ1) is 21.6. The number of rotatable bonds is 7. The predicted octanol–water partition coefficient (Wildman–Crippen LogP) is 5.06. The molecule has 162 valence electrons. The van der Waals surface area contributed by atoms with Crippen LogP contribution in [-0.2, 0) is 6.61 Å². The van der Waals surface area contributed by atoms with Gasteiger partial charge >= 0.3 is 0 Å². The molecule has 33 heavy (non-hydrogen) atoms. The Labute approximate surface area is 191 Å². The molecule has 0 aliphatic carbocycles. The van der Waals surface area contributed by atoms with Crippen molar-refractivity contribution in [2.45, 2.75) is 6.61 Å². The first-order valence-corrected chi connectivity index (χ1v) is 10.3. The second kappa shape index (κ2) is 10.1. The van der Waals surface area contributed by atoms with Gasteiger partial charge in [-0.3, -0.25) is 4.79 Å². The predicted molar refractivity (Wildman–Crippen MR) is 127 cm³/mol. The summed E-state index contributed by atoms with van der Waals surface area (Å²) in [4.78, 5) is 12.6. The van der Waals surface area contributed by atoms with Gasteiger partial charge in [0.2, 0.25) is 0 Å². The second-order valence-electron chi connectivity index (χ2n) is 7.22. The largest absolute Gasteiger partial charge is 0.496 e. The number of fused-ring (bicyclic) bond motifs is 1. The first-order chi connectivity index (χ1) is 16.2. The van der Waals surface area contributed by atoms with Gasteiger partial charge in [-0.15, -0.1) is 0 Å². The van der Waals surface area contributed by atoms with Crippen LogP contribution in [0.3, 0.4) is 0 Å². The molecule has 6 nitrogen and oxygen atoms in total. The molecule has 0 heterocycles. The van der Waals surface area contributed by atoms with Crippen molar-refractivity contribution in [3.63, 3.8) is 0 Å². The SMILES string of the molecule is COc1ccc(C=NNC(=O)c2cccc3ccccc23)cc1COc1ccc(C#N)cc1. The molecular weight excluding hydrogens is 414 g/mol. The van der Waals surface area contributed by atoms with E-state index in [1.54, 1.807) is 43.7 Å². The van der Waals surface area contributed by atoms with E-state index in [1.165, 1.54) is 0 Å². The molecule has 0 unspecified atom stereocenters. The molecule has 1 amide bonds. The topological polar surface area (TPSA) is 83.7 Å². The molecule has 0 aliphatic heterocycles. The molecule has 0 radical (unpaired) electrons. The van der Waals surface area contributed by atoms with E-state index in [0.717, 1.165) is 21.9 Å². The zero-order valence-corrected chi connectivity index (χ0v) is 18.0. The van der Waals surface area contributed by atoms with Crippen molar-refractivity contribution < 1.29 is 14.3 Å². The third kappa shape index (κ3) is 5.17. The van der Waals surface area contributed by atoms with Gasteiger partial charge in [0.15, 0.2) is 0 Å². The van der Waals surface area contributed by atoms with Crippen molar-refractivity contribution in [2.24, 2.45) is 5.10 Å². The molecule has 0 aromatic heterocycles. The highest BCUT2D eigenvalue weighted by Crippen LogP contribution is 2.22. The summed E-state index contributed by atoms with van der Waals surface area (Å²) in [7, 11) is 1.60. The lowest BCUT2D eigenvalue weighted by Crippen LogP contribution is -2.17. The van der Waals surface area contributed by atoms with E-state index >= 15 is 0 Å². The number of nitrogens with zero attached hydrogens (tertiary/aromatic N) is 2. The zero-order chi connectivity index (χ0) is 23.0. The second-order valence-corrected chi connectivity index (χ2v) is 7.22. The Morgan fingerprint density at radius 3 is 2.61 bits per heavy atom. The Hall–Kier alpha value is -4.63. The van der Waals surface area contributed by atoms with Gasteiger partial charge in [0.1, 0.15) is 18.1 Å². The molecule has 0 atom stereocenters. The molecule has 0 saturated heterocycles.